The van der Waals surface area contributed by atoms with Crippen LogP contribution in [0.4, 0.5) is 5.69 Å². The molecule has 1 heterocycles. The summed E-state index contributed by atoms with van der Waals surface area (Å²) in [6.45, 7) is 3.78. The topological polar surface area (TPSA) is 49.4 Å². The smallest absolute Gasteiger partial charge is 0.255 e. The van der Waals surface area contributed by atoms with Crippen LogP contribution < -0.4 is 5.32 Å². The van der Waals surface area contributed by atoms with Gasteiger partial charge in [-0.1, -0.05) is 61.5 Å². The molecule has 3 aromatic carbocycles. The van der Waals surface area contributed by atoms with Crippen molar-refractivity contribution in [2.24, 2.45) is 5.92 Å². The number of carbonyl (C=O) groups excluding carboxylic acids is 2. The summed E-state index contributed by atoms with van der Waals surface area (Å²) in [5, 5.41) is 5.16. The fourth-order valence-electron chi connectivity index (χ4n) is 3.97. The van der Waals surface area contributed by atoms with Gasteiger partial charge in [-0.25, -0.2) is 0 Å². The molecule has 0 atom stereocenters. The molecule has 0 aromatic heterocycles. The Balaban J connectivity index is 1.51. The summed E-state index contributed by atoms with van der Waals surface area (Å²) in [5.74, 6) is 0.543. The molecule has 3 aromatic rings. The maximum absolute atomic E-state index is 13.0. The van der Waals surface area contributed by atoms with Gasteiger partial charge in [0.1, 0.15) is 0 Å². The number of amides is 2. The van der Waals surface area contributed by atoms with Crippen LogP contribution in [-0.4, -0.2) is 29.8 Å². The van der Waals surface area contributed by atoms with Crippen LogP contribution >= 0.6 is 0 Å². The summed E-state index contributed by atoms with van der Waals surface area (Å²) in [7, 11) is 0. The van der Waals surface area contributed by atoms with E-state index in [-0.39, 0.29) is 18.2 Å². The van der Waals surface area contributed by atoms with E-state index in [0.717, 1.165) is 42.3 Å². The Morgan fingerprint density at radius 3 is 2.45 bits per heavy atom. The van der Waals surface area contributed by atoms with Gasteiger partial charge in [0.2, 0.25) is 5.91 Å². The van der Waals surface area contributed by atoms with Crippen LogP contribution in [0.25, 0.3) is 10.8 Å². The normalized spacial score (nSPS) is 14.7. The van der Waals surface area contributed by atoms with Crippen molar-refractivity contribution in [3.63, 3.8) is 0 Å². The Morgan fingerprint density at radius 2 is 1.62 bits per heavy atom. The van der Waals surface area contributed by atoms with Crippen molar-refractivity contribution in [1.29, 1.82) is 0 Å². The number of hydrogen-bond donors (Lipinski definition) is 1. The van der Waals surface area contributed by atoms with Crippen molar-refractivity contribution in [1.82, 2.24) is 4.90 Å². The molecule has 4 heteroatoms. The average Bonchev–Trinajstić information content (AvgIpc) is 2.74. The van der Waals surface area contributed by atoms with Crippen molar-refractivity contribution in [2.75, 3.05) is 18.4 Å². The summed E-state index contributed by atoms with van der Waals surface area (Å²) in [4.78, 5) is 27.7. The lowest BCUT2D eigenvalue weighted by molar-refractivity contribution is -0.115. The predicted molar refractivity (Wildman–Crippen MR) is 117 cm³/mol. The summed E-state index contributed by atoms with van der Waals surface area (Å²) in [6, 6.07) is 21.4. The molecule has 0 aliphatic carbocycles. The number of piperidine rings is 1. The number of nitrogens with one attached hydrogen (secondary N) is 1. The molecule has 4 nitrogen and oxygen atoms in total. The molecule has 0 spiro atoms. The molecule has 4 rings (SSSR count). The van der Waals surface area contributed by atoms with Gasteiger partial charge in [0.05, 0.1) is 17.7 Å². The Hall–Kier alpha value is -3.14. The Morgan fingerprint density at radius 1 is 0.931 bits per heavy atom. The maximum Gasteiger partial charge on any atom is 0.255 e. The minimum atomic E-state index is -0.117. The predicted octanol–water partition coefficient (Wildman–Crippen LogP) is 4.89. The van der Waals surface area contributed by atoms with E-state index in [2.05, 4.69) is 12.2 Å². The van der Waals surface area contributed by atoms with Crippen LogP contribution in [-0.2, 0) is 11.2 Å². The zero-order valence-corrected chi connectivity index (χ0v) is 16.7. The highest BCUT2D eigenvalue weighted by Crippen LogP contribution is 2.23. The number of para-hydroxylation sites is 1. The number of hydrogen-bond acceptors (Lipinski definition) is 2. The number of benzene rings is 3. The minimum Gasteiger partial charge on any atom is -0.339 e. The maximum atomic E-state index is 13.0. The molecule has 1 aliphatic rings. The van der Waals surface area contributed by atoms with Gasteiger partial charge >= 0.3 is 0 Å². The van der Waals surface area contributed by atoms with E-state index in [1.54, 1.807) is 12.1 Å². The molecular weight excluding hydrogens is 360 g/mol. The van der Waals surface area contributed by atoms with E-state index in [1.807, 2.05) is 59.5 Å². The zero-order chi connectivity index (χ0) is 20.2. The van der Waals surface area contributed by atoms with Crippen LogP contribution in [0.1, 0.15) is 35.7 Å². The van der Waals surface area contributed by atoms with Gasteiger partial charge in [-0.15, -0.1) is 0 Å². The Labute approximate surface area is 171 Å². The highest BCUT2D eigenvalue weighted by Gasteiger charge is 2.23. The molecule has 0 saturated carbocycles. The Bertz CT molecular complexity index is 1030. The lowest BCUT2D eigenvalue weighted by Crippen LogP contribution is -2.38. The van der Waals surface area contributed by atoms with E-state index < -0.39 is 0 Å². The third-order valence-electron chi connectivity index (χ3n) is 5.73. The Kier molecular flexibility index (Phi) is 5.61. The molecular formula is C25H26N2O2. The van der Waals surface area contributed by atoms with Crippen molar-refractivity contribution in [2.45, 2.75) is 26.2 Å². The first kappa shape index (κ1) is 19.2. The number of carbonyl (C=O) groups is 2. The van der Waals surface area contributed by atoms with Gasteiger partial charge in [-0.2, -0.15) is 0 Å². The van der Waals surface area contributed by atoms with Crippen molar-refractivity contribution >= 4 is 28.3 Å². The summed E-state index contributed by atoms with van der Waals surface area (Å²) >= 11 is 0. The van der Waals surface area contributed by atoms with Crippen LogP contribution in [0.5, 0.6) is 0 Å². The second-order valence-electron chi connectivity index (χ2n) is 7.88. The summed E-state index contributed by atoms with van der Waals surface area (Å²) in [5.41, 5.74) is 2.13. The van der Waals surface area contributed by atoms with Crippen molar-refractivity contribution in [3.8, 4) is 0 Å². The monoisotopic (exact) mass is 386 g/mol. The van der Waals surface area contributed by atoms with E-state index in [0.29, 0.717) is 17.2 Å². The first-order valence-corrected chi connectivity index (χ1v) is 10.3. The van der Waals surface area contributed by atoms with E-state index >= 15 is 0 Å². The number of fused-ring (bicyclic) bond motifs is 1. The highest BCUT2D eigenvalue weighted by atomic mass is 16.2. The molecule has 1 saturated heterocycles. The lowest BCUT2D eigenvalue weighted by Gasteiger charge is -2.30. The molecule has 0 radical (unpaired) electrons. The van der Waals surface area contributed by atoms with Gasteiger partial charge < -0.3 is 10.2 Å². The average molecular weight is 386 g/mol. The number of anilines is 1. The minimum absolute atomic E-state index is 0.00189. The van der Waals surface area contributed by atoms with Crippen LogP contribution in [0.15, 0.2) is 66.7 Å². The van der Waals surface area contributed by atoms with Gasteiger partial charge in [-0.3, -0.25) is 9.59 Å². The quantitative estimate of drug-likeness (QED) is 0.694. The summed E-state index contributed by atoms with van der Waals surface area (Å²) < 4.78 is 0. The second-order valence-corrected chi connectivity index (χ2v) is 7.88. The number of nitrogens with zero attached hydrogens (tertiary/aromatic N) is 1. The van der Waals surface area contributed by atoms with Gasteiger partial charge in [0.15, 0.2) is 0 Å². The molecule has 0 bridgehead atoms. The molecule has 2 amide bonds. The van der Waals surface area contributed by atoms with Gasteiger partial charge in [-0.05, 0) is 47.2 Å². The first-order valence-electron chi connectivity index (χ1n) is 10.3. The van der Waals surface area contributed by atoms with E-state index in [1.165, 1.54) is 0 Å². The second kappa shape index (κ2) is 8.48. The third-order valence-corrected chi connectivity index (χ3v) is 5.73. The fraction of sp³-hybridized carbons (Fsp3) is 0.280. The number of rotatable bonds is 4. The van der Waals surface area contributed by atoms with Gasteiger partial charge in [0, 0.05) is 13.1 Å². The van der Waals surface area contributed by atoms with Crippen LogP contribution in [0, 0.1) is 5.92 Å². The van der Waals surface area contributed by atoms with Crippen LogP contribution in [0.3, 0.4) is 0 Å². The van der Waals surface area contributed by atoms with E-state index in [4.69, 9.17) is 0 Å². The zero-order valence-electron chi connectivity index (χ0n) is 16.7. The SMILES string of the molecule is CC1CCN(C(=O)c2ccccc2NC(=O)Cc2cccc3ccccc23)CC1. The molecule has 148 valence electrons. The third kappa shape index (κ3) is 4.32. The number of likely N-dealkylation sites (tertiary alicyclic amines) is 1. The molecule has 1 fully saturated rings. The highest BCUT2D eigenvalue weighted by molar-refractivity contribution is 6.04. The first-order chi connectivity index (χ1) is 14.1. The molecule has 29 heavy (non-hydrogen) atoms. The largest absolute Gasteiger partial charge is 0.339 e. The summed E-state index contributed by atoms with van der Waals surface area (Å²) in [6.07, 6.45) is 2.33. The molecule has 0 unspecified atom stereocenters. The van der Waals surface area contributed by atoms with Crippen LogP contribution in [0.2, 0.25) is 0 Å². The van der Waals surface area contributed by atoms with Crippen molar-refractivity contribution < 1.29 is 9.59 Å². The lowest BCUT2D eigenvalue weighted by atomic mass is 9.98. The van der Waals surface area contributed by atoms with Crippen molar-refractivity contribution in [3.05, 3.63) is 77.9 Å². The standard InChI is InChI=1S/C25H26N2O2/c1-18-13-15-27(16-14-18)25(29)22-11-4-5-12-23(22)26-24(28)17-20-9-6-8-19-7-2-3-10-21(19)20/h2-12,18H,13-17H2,1H3,(H,26,28). The molecule has 1 aliphatic heterocycles. The van der Waals surface area contributed by atoms with Gasteiger partial charge in [0.25, 0.3) is 5.91 Å². The van der Waals surface area contributed by atoms with E-state index in [9.17, 15) is 9.59 Å². The molecule has 1 N–H and O–H groups in total. The fourth-order valence-corrected chi connectivity index (χ4v) is 3.97.